The van der Waals surface area contributed by atoms with Gasteiger partial charge in [0.05, 0.1) is 13.2 Å². The summed E-state index contributed by atoms with van der Waals surface area (Å²) in [6.07, 6.45) is 6.07. The van der Waals surface area contributed by atoms with E-state index in [0.29, 0.717) is 11.8 Å². The maximum absolute atomic E-state index is 6.46. The molecule has 1 heterocycles. The highest BCUT2D eigenvalue weighted by Gasteiger charge is 2.63. The van der Waals surface area contributed by atoms with E-state index in [9.17, 15) is 0 Å². The molecule has 4 atom stereocenters. The lowest BCUT2D eigenvalue weighted by Crippen LogP contribution is -2.66. The summed E-state index contributed by atoms with van der Waals surface area (Å²) in [5, 5.41) is 0. The van der Waals surface area contributed by atoms with Crippen molar-refractivity contribution in [3.63, 3.8) is 0 Å². The van der Waals surface area contributed by atoms with E-state index in [1.165, 1.54) is 19.3 Å². The fraction of sp³-hybridized carbons (Fsp3) is 1.00. The van der Waals surface area contributed by atoms with Crippen LogP contribution in [-0.4, -0.2) is 24.5 Å². The van der Waals surface area contributed by atoms with Gasteiger partial charge in [0.25, 0.3) is 0 Å². The molecular weight excluding hydrogens is 190 g/mol. The van der Waals surface area contributed by atoms with Gasteiger partial charge in [0.1, 0.15) is 0 Å². The molecule has 4 bridgehead atoms. The average molecular weight is 209 g/mol. The number of hydrogen-bond donors (Lipinski definition) is 1. The van der Waals surface area contributed by atoms with Crippen LogP contribution in [0.15, 0.2) is 0 Å². The molecule has 2 N–H and O–H groups in total. The highest BCUT2D eigenvalue weighted by molar-refractivity contribution is 5.12. The minimum atomic E-state index is -0.209. The smallest absolute Gasteiger partial charge is 0.174 e. The van der Waals surface area contributed by atoms with Gasteiger partial charge in [-0.25, -0.2) is 0 Å². The van der Waals surface area contributed by atoms with Gasteiger partial charge in [-0.05, 0) is 38.0 Å². The van der Waals surface area contributed by atoms with Gasteiger partial charge in [-0.15, -0.1) is 0 Å². The lowest BCUT2D eigenvalue weighted by molar-refractivity contribution is -0.290. The summed E-state index contributed by atoms with van der Waals surface area (Å²) in [5.74, 6) is 1.80. The molecule has 0 aromatic rings. The molecule has 5 aliphatic rings. The lowest BCUT2D eigenvalue weighted by Gasteiger charge is -2.61. The molecule has 1 spiro atoms. The second-order valence-electron chi connectivity index (χ2n) is 6.12. The van der Waals surface area contributed by atoms with Crippen LogP contribution in [0.4, 0.5) is 0 Å². The van der Waals surface area contributed by atoms with Crippen molar-refractivity contribution >= 4 is 0 Å². The van der Waals surface area contributed by atoms with Gasteiger partial charge in [-0.3, -0.25) is 0 Å². The van der Waals surface area contributed by atoms with Gasteiger partial charge in [-0.2, -0.15) is 0 Å². The largest absolute Gasteiger partial charge is 0.347 e. The summed E-state index contributed by atoms with van der Waals surface area (Å²) >= 11 is 0. The molecule has 0 radical (unpaired) electrons. The lowest BCUT2D eigenvalue weighted by atomic mass is 9.50. The molecule has 5 rings (SSSR count). The molecule has 0 amide bonds. The van der Waals surface area contributed by atoms with Crippen LogP contribution in [0.3, 0.4) is 0 Å². The Morgan fingerprint density at radius 1 is 0.933 bits per heavy atom. The summed E-state index contributed by atoms with van der Waals surface area (Å²) in [5.41, 5.74) is 6.58. The summed E-state index contributed by atoms with van der Waals surface area (Å²) in [4.78, 5) is 0. The van der Waals surface area contributed by atoms with E-state index in [1.807, 2.05) is 0 Å². The summed E-state index contributed by atoms with van der Waals surface area (Å²) in [6.45, 7) is 1.57. The first-order valence-electron chi connectivity index (χ1n) is 6.27. The van der Waals surface area contributed by atoms with Crippen LogP contribution in [-0.2, 0) is 9.47 Å². The van der Waals surface area contributed by atoms with Gasteiger partial charge >= 0.3 is 0 Å². The second-order valence-corrected chi connectivity index (χ2v) is 6.12. The Labute approximate surface area is 90.3 Å². The summed E-state index contributed by atoms with van der Waals surface area (Å²) in [7, 11) is 0. The molecule has 3 nitrogen and oxygen atoms in total. The number of rotatable bonds is 0. The van der Waals surface area contributed by atoms with Crippen molar-refractivity contribution in [2.45, 2.75) is 43.4 Å². The van der Waals surface area contributed by atoms with Gasteiger partial charge in [0.15, 0.2) is 5.79 Å². The number of nitrogens with two attached hydrogens (primary N) is 1. The Hall–Kier alpha value is -0.120. The Bertz CT molecular complexity index is 280. The number of hydrogen-bond acceptors (Lipinski definition) is 3. The molecule has 0 aromatic heterocycles. The maximum Gasteiger partial charge on any atom is 0.174 e. The highest BCUT2D eigenvalue weighted by atomic mass is 16.7. The Morgan fingerprint density at radius 2 is 1.53 bits per heavy atom. The first kappa shape index (κ1) is 8.97. The zero-order valence-electron chi connectivity index (χ0n) is 9.08. The molecule has 4 saturated carbocycles. The van der Waals surface area contributed by atoms with Gasteiger partial charge in [0.2, 0.25) is 0 Å². The first-order valence-corrected chi connectivity index (χ1v) is 6.27. The van der Waals surface area contributed by atoms with Gasteiger partial charge in [0, 0.05) is 17.4 Å². The second kappa shape index (κ2) is 2.58. The minimum absolute atomic E-state index is 0.122. The van der Waals surface area contributed by atoms with Crippen LogP contribution in [0.25, 0.3) is 0 Å². The Morgan fingerprint density at radius 3 is 2.07 bits per heavy atom. The Balaban J connectivity index is 1.75. The molecular formula is C12H19NO2. The summed E-state index contributed by atoms with van der Waals surface area (Å²) in [6, 6.07) is 0. The van der Waals surface area contributed by atoms with Crippen LogP contribution < -0.4 is 5.73 Å². The number of ether oxygens (including phenoxy) is 2. The molecule has 0 unspecified atom stereocenters. The van der Waals surface area contributed by atoms with Crippen molar-refractivity contribution in [1.29, 1.82) is 0 Å². The van der Waals surface area contributed by atoms with E-state index in [0.717, 1.165) is 32.0 Å². The normalized spacial score (nSPS) is 55.4. The molecule has 4 aliphatic carbocycles. The molecule has 1 saturated heterocycles. The Kier molecular flexibility index (Phi) is 1.54. The summed E-state index contributed by atoms with van der Waals surface area (Å²) < 4.78 is 12.0. The van der Waals surface area contributed by atoms with Crippen LogP contribution in [0, 0.1) is 17.8 Å². The quantitative estimate of drug-likeness (QED) is 0.653. The zero-order valence-corrected chi connectivity index (χ0v) is 9.08. The third-order valence-electron chi connectivity index (χ3n) is 5.11. The van der Waals surface area contributed by atoms with Crippen LogP contribution >= 0.6 is 0 Å². The molecule has 1 aliphatic heterocycles. The fourth-order valence-electron chi connectivity index (χ4n) is 4.90. The van der Waals surface area contributed by atoms with Crippen molar-refractivity contribution in [2.24, 2.45) is 23.5 Å². The monoisotopic (exact) mass is 209 g/mol. The van der Waals surface area contributed by atoms with Crippen LogP contribution in [0.2, 0.25) is 0 Å². The average Bonchev–Trinajstić information content (AvgIpc) is 2.61. The fourth-order valence-corrected chi connectivity index (χ4v) is 4.90. The van der Waals surface area contributed by atoms with Crippen molar-refractivity contribution in [1.82, 2.24) is 0 Å². The van der Waals surface area contributed by atoms with Crippen LogP contribution in [0.1, 0.15) is 32.1 Å². The SMILES string of the molecule is N[C@]12C[C@@H]3C[C@H](C1)C1(OCCO1)[C@@H](C3)C2. The third-order valence-corrected chi connectivity index (χ3v) is 5.11. The van der Waals surface area contributed by atoms with Crippen molar-refractivity contribution < 1.29 is 9.47 Å². The molecule has 3 heteroatoms. The predicted molar refractivity (Wildman–Crippen MR) is 55.1 cm³/mol. The van der Waals surface area contributed by atoms with E-state index >= 15 is 0 Å². The topological polar surface area (TPSA) is 44.5 Å². The minimum Gasteiger partial charge on any atom is -0.347 e. The van der Waals surface area contributed by atoms with Crippen molar-refractivity contribution in [2.75, 3.05) is 13.2 Å². The molecule has 0 aromatic carbocycles. The molecule has 5 fully saturated rings. The zero-order chi connectivity index (χ0) is 10.1. The maximum atomic E-state index is 6.46. The van der Waals surface area contributed by atoms with E-state index in [-0.39, 0.29) is 11.3 Å². The van der Waals surface area contributed by atoms with E-state index < -0.39 is 0 Å². The van der Waals surface area contributed by atoms with E-state index in [1.54, 1.807) is 0 Å². The molecule has 15 heavy (non-hydrogen) atoms. The standard InChI is InChI=1S/C12H19NO2/c13-11-5-8-3-9(6-11)12(10(4-8)7-11)14-1-2-15-12/h8-10H,1-7,13H2/t8-,9-,10+,11-. The van der Waals surface area contributed by atoms with Gasteiger partial charge in [-0.1, -0.05) is 0 Å². The highest BCUT2D eigenvalue weighted by Crippen LogP contribution is 2.61. The van der Waals surface area contributed by atoms with Crippen LogP contribution in [0.5, 0.6) is 0 Å². The van der Waals surface area contributed by atoms with Gasteiger partial charge < -0.3 is 15.2 Å². The van der Waals surface area contributed by atoms with Crippen molar-refractivity contribution in [3.05, 3.63) is 0 Å². The van der Waals surface area contributed by atoms with E-state index in [2.05, 4.69) is 0 Å². The predicted octanol–water partition coefficient (Wildman–Crippen LogP) is 1.27. The van der Waals surface area contributed by atoms with Crippen molar-refractivity contribution in [3.8, 4) is 0 Å². The third kappa shape index (κ3) is 1.02. The van der Waals surface area contributed by atoms with E-state index in [4.69, 9.17) is 15.2 Å². The first-order chi connectivity index (χ1) is 7.20. The molecule has 84 valence electrons.